The molecule has 0 radical (unpaired) electrons. The summed E-state index contributed by atoms with van der Waals surface area (Å²) in [5.74, 6) is -0.573. The van der Waals surface area contributed by atoms with E-state index in [0.29, 0.717) is 5.39 Å². The van der Waals surface area contributed by atoms with E-state index in [1.54, 1.807) is 13.0 Å². The van der Waals surface area contributed by atoms with Gasteiger partial charge in [-0.05, 0) is 48.8 Å². The standard InChI is InChI=1S/C35H31N3O4/c1-2-42-34(39)33(38(40)41)28-22-31-32(26-18-10-9-17-25(26)28)36-35-20-12-11-19-29(35)27(23-13-5-3-6-14-23)21-30(37(31)35)24-15-7-4-8-16-24/h3-10,13-18,21-22,27,29H,2,11-12,19-20H2,1H3/b33-28-. The van der Waals surface area contributed by atoms with Crippen LogP contribution in [0, 0.1) is 16.0 Å². The maximum absolute atomic E-state index is 13.0. The topological polar surface area (TPSA) is 85.0 Å². The lowest BCUT2D eigenvalue weighted by molar-refractivity contribution is -0.378. The van der Waals surface area contributed by atoms with Crippen LogP contribution in [0.15, 0.2) is 102 Å². The predicted octanol–water partition coefficient (Wildman–Crippen LogP) is 5.95. The summed E-state index contributed by atoms with van der Waals surface area (Å²) < 4.78 is 5.17. The molecule has 1 saturated carbocycles. The number of fused-ring (bicyclic) bond motifs is 4. The Labute approximate surface area is 243 Å². The molecule has 0 aromatic heterocycles. The molecule has 2 heterocycles. The van der Waals surface area contributed by atoms with Crippen LogP contribution in [0.3, 0.4) is 0 Å². The molecule has 7 rings (SSSR count). The Bertz CT molecular complexity index is 1870. The molecule has 0 saturated heterocycles. The molecule has 0 amide bonds. The highest BCUT2D eigenvalue weighted by Crippen LogP contribution is 2.56. The molecule has 0 bridgehead atoms. The van der Waals surface area contributed by atoms with Crippen molar-refractivity contribution in [2.24, 2.45) is 10.9 Å². The third-order valence-corrected chi connectivity index (χ3v) is 9.01. The van der Waals surface area contributed by atoms with Crippen LogP contribution in [0.1, 0.15) is 49.7 Å². The highest BCUT2D eigenvalue weighted by atomic mass is 16.6. The summed E-state index contributed by atoms with van der Waals surface area (Å²) in [5, 5.41) is 14.9. The van der Waals surface area contributed by atoms with E-state index in [1.807, 2.05) is 48.5 Å². The van der Waals surface area contributed by atoms with Gasteiger partial charge < -0.3 is 9.64 Å². The van der Waals surface area contributed by atoms with Crippen LogP contribution < -0.4 is 15.5 Å². The number of benzene rings is 4. The number of carbonyl (C=O) groups is 1. The summed E-state index contributed by atoms with van der Waals surface area (Å²) in [5.41, 5.74) is 3.04. The van der Waals surface area contributed by atoms with Crippen molar-refractivity contribution in [1.29, 1.82) is 0 Å². The van der Waals surface area contributed by atoms with Gasteiger partial charge in [0, 0.05) is 22.9 Å². The zero-order chi connectivity index (χ0) is 28.8. The lowest BCUT2D eigenvalue weighted by Crippen LogP contribution is -2.55. The van der Waals surface area contributed by atoms with E-state index < -0.39 is 22.3 Å². The van der Waals surface area contributed by atoms with Gasteiger partial charge in [0.2, 0.25) is 0 Å². The first-order valence-corrected chi connectivity index (χ1v) is 14.6. The van der Waals surface area contributed by atoms with Crippen LogP contribution in [-0.2, 0) is 9.53 Å². The zero-order valence-electron chi connectivity index (χ0n) is 23.4. The van der Waals surface area contributed by atoms with Crippen molar-refractivity contribution < 1.29 is 14.5 Å². The summed E-state index contributed by atoms with van der Waals surface area (Å²) in [6.07, 6.45) is 6.41. The number of carbonyl (C=O) groups excluding carboxylic acids is 1. The van der Waals surface area contributed by atoms with Crippen molar-refractivity contribution in [3.8, 4) is 0 Å². The number of nitro groups is 1. The average molecular weight is 558 g/mol. The quantitative estimate of drug-likeness (QED) is 0.172. The molecule has 1 fully saturated rings. The summed E-state index contributed by atoms with van der Waals surface area (Å²) >= 11 is 0. The molecule has 1 aliphatic carbocycles. The molecular weight excluding hydrogens is 526 g/mol. The normalized spacial score (nSPS) is 23.2. The van der Waals surface area contributed by atoms with Crippen LogP contribution in [0.2, 0.25) is 0 Å². The van der Waals surface area contributed by atoms with E-state index in [4.69, 9.17) is 9.73 Å². The van der Waals surface area contributed by atoms with Crippen molar-refractivity contribution in [3.05, 3.63) is 129 Å². The summed E-state index contributed by atoms with van der Waals surface area (Å²) in [6.45, 7) is 1.70. The van der Waals surface area contributed by atoms with Crippen molar-refractivity contribution in [2.75, 3.05) is 11.5 Å². The third-order valence-electron chi connectivity index (χ3n) is 9.01. The third kappa shape index (κ3) is 3.95. The Balaban J connectivity index is 1.59. The number of nitrogens with zero attached hydrogens (tertiary/aromatic N) is 3. The van der Waals surface area contributed by atoms with Crippen molar-refractivity contribution in [3.63, 3.8) is 0 Å². The molecule has 210 valence electrons. The smallest absolute Gasteiger partial charge is 0.410 e. The van der Waals surface area contributed by atoms with Crippen LogP contribution in [0.4, 0.5) is 5.69 Å². The van der Waals surface area contributed by atoms with Gasteiger partial charge in [-0.15, -0.1) is 0 Å². The minimum absolute atomic E-state index is 0.0487. The molecule has 0 N–H and O–H groups in total. The van der Waals surface area contributed by atoms with Gasteiger partial charge in [-0.25, -0.2) is 4.79 Å². The number of hydrogen-bond donors (Lipinski definition) is 0. The number of anilines is 1. The lowest BCUT2D eigenvalue weighted by atomic mass is 9.66. The molecule has 4 aromatic carbocycles. The molecule has 7 heteroatoms. The maximum atomic E-state index is 13.0. The predicted molar refractivity (Wildman–Crippen MR) is 163 cm³/mol. The van der Waals surface area contributed by atoms with Gasteiger partial charge >= 0.3 is 11.7 Å². The van der Waals surface area contributed by atoms with E-state index >= 15 is 0 Å². The molecule has 3 aliphatic rings. The Morgan fingerprint density at radius 3 is 2.40 bits per heavy atom. The Hall–Kier alpha value is -4.78. The first-order chi connectivity index (χ1) is 20.5. The number of ether oxygens (including phenoxy) is 1. The Morgan fingerprint density at radius 2 is 1.69 bits per heavy atom. The van der Waals surface area contributed by atoms with Crippen molar-refractivity contribution in [2.45, 2.75) is 44.2 Å². The van der Waals surface area contributed by atoms with Crippen LogP contribution >= 0.6 is 0 Å². The molecule has 1 spiro atoms. The van der Waals surface area contributed by atoms with E-state index in [-0.39, 0.29) is 23.7 Å². The first-order valence-electron chi connectivity index (χ1n) is 14.6. The van der Waals surface area contributed by atoms with E-state index in [0.717, 1.165) is 53.4 Å². The molecule has 3 atom stereocenters. The van der Waals surface area contributed by atoms with E-state index in [1.165, 1.54) is 5.56 Å². The molecule has 7 nitrogen and oxygen atoms in total. The fourth-order valence-corrected chi connectivity index (χ4v) is 7.35. The van der Waals surface area contributed by atoms with Crippen molar-refractivity contribution in [1.82, 2.24) is 0 Å². The van der Waals surface area contributed by atoms with Gasteiger partial charge in [0.1, 0.15) is 5.66 Å². The summed E-state index contributed by atoms with van der Waals surface area (Å²) in [4.78, 5) is 32.7. The van der Waals surface area contributed by atoms with E-state index in [9.17, 15) is 14.9 Å². The average Bonchev–Trinajstić information content (AvgIpc) is 3.35. The number of rotatable bonds is 5. The highest BCUT2D eigenvalue weighted by molar-refractivity contribution is 6.08. The zero-order valence-corrected chi connectivity index (χ0v) is 23.4. The fourth-order valence-electron chi connectivity index (χ4n) is 7.35. The monoisotopic (exact) mass is 557 g/mol. The maximum Gasteiger partial charge on any atom is 0.410 e. The minimum atomic E-state index is -0.936. The van der Waals surface area contributed by atoms with Gasteiger partial charge in [0.15, 0.2) is 0 Å². The number of esters is 1. The van der Waals surface area contributed by atoms with Gasteiger partial charge in [-0.1, -0.05) is 97.4 Å². The SMILES string of the molecule is CCOC(=O)/C(=c1\cc2c(c3ccccc13)=NC13CCCCC1C(c1ccccc1)C=C(c1ccccc1)N23)[N+](=O)[O-]. The number of allylic oxidation sites excluding steroid dienone is 1. The van der Waals surface area contributed by atoms with Crippen LogP contribution in [0.5, 0.6) is 0 Å². The Morgan fingerprint density at radius 1 is 1.00 bits per heavy atom. The summed E-state index contributed by atoms with van der Waals surface area (Å²) in [7, 11) is 0. The van der Waals surface area contributed by atoms with Crippen molar-refractivity contribution >= 4 is 33.8 Å². The van der Waals surface area contributed by atoms with E-state index in [2.05, 4.69) is 47.4 Å². The minimum Gasteiger partial charge on any atom is -0.458 e. The number of hydrogen-bond acceptors (Lipinski definition) is 6. The lowest BCUT2D eigenvalue weighted by Gasteiger charge is -2.53. The molecule has 42 heavy (non-hydrogen) atoms. The second-order valence-corrected chi connectivity index (χ2v) is 11.2. The highest BCUT2D eigenvalue weighted by Gasteiger charge is 2.55. The largest absolute Gasteiger partial charge is 0.458 e. The molecule has 4 aromatic rings. The Kier molecular flexibility index (Phi) is 6.38. The summed E-state index contributed by atoms with van der Waals surface area (Å²) in [6, 6.07) is 30.3. The van der Waals surface area contributed by atoms with Gasteiger partial charge in [-0.2, -0.15) is 0 Å². The van der Waals surface area contributed by atoms with Gasteiger partial charge in [-0.3, -0.25) is 15.1 Å². The fraction of sp³-hybridized carbons (Fsp3) is 0.257. The second kappa shape index (κ2) is 10.2. The van der Waals surface area contributed by atoms with Gasteiger partial charge in [0.25, 0.3) is 0 Å². The van der Waals surface area contributed by atoms with Gasteiger partial charge in [0.05, 0.1) is 27.8 Å². The molecule has 3 unspecified atom stereocenters. The first kappa shape index (κ1) is 26.1. The molecule has 2 aliphatic heterocycles. The van der Waals surface area contributed by atoms with Crippen LogP contribution in [0.25, 0.3) is 22.2 Å². The van der Waals surface area contributed by atoms with Crippen LogP contribution in [-0.4, -0.2) is 23.2 Å². The second-order valence-electron chi connectivity index (χ2n) is 11.2. The molecular formula is C35H31N3O4.